The minimum Gasteiger partial charge on any atom is -0.401 e. The normalized spacial score (nSPS) is 12.2. The van der Waals surface area contributed by atoms with Gasteiger partial charge in [-0.2, -0.15) is 0 Å². The first-order valence-corrected chi connectivity index (χ1v) is 9.68. The first-order chi connectivity index (χ1) is 11.3. The number of rotatable bonds is 10. The van der Waals surface area contributed by atoms with Crippen molar-refractivity contribution >= 4 is 0 Å². The monoisotopic (exact) mass is 334 g/mol. The molecule has 2 heteroatoms. The van der Waals surface area contributed by atoms with Gasteiger partial charge in [0.2, 0.25) is 0 Å². The fourth-order valence-electron chi connectivity index (χ4n) is 2.21. The molecule has 0 aliphatic heterocycles. The summed E-state index contributed by atoms with van der Waals surface area (Å²) in [6, 6.07) is 0. The molecule has 0 aromatic carbocycles. The highest BCUT2D eigenvalue weighted by atomic mass is 16.7. The zero-order valence-corrected chi connectivity index (χ0v) is 17.0. The molecule has 0 aliphatic carbocycles. The number of ether oxygens (including phenoxy) is 2. The van der Waals surface area contributed by atoms with Gasteiger partial charge in [-0.15, -0.1) is 0 Å². The summed E-state index contributed by atoms with van der Waals surface area (Å²) < 4.78 is 11.6. The van der Waals surface area contributed by atoms with Gasteiger partial charge < -0.3 is 9.47 Å². The maximum absolute atomic E-state index is 5.79. The fraction of sp³-hybridized carbons (Fsp3) is 0.818. The van der Waals surface area contributed by atoms with E-state index in [0.29, 0.717) is 0 Å². The first kappa shape index (κ1) is 22.7. The van der Waals surface area contributed by atoms with Gasteiger partial charge >= 0.3 is 0 Å². The van der Waals surface area contributed by atoms with Crippen LogP contribution in [0.1, 0.15) is 93.4 Å². The molecule has 1 unspecified atom stereocenters. The standard InChI is InChI=1S/C22H38O2/c1-8-9-10-11-12-13-14-21(6)22(7,23-17-15-19(2)3)24-18-16-20(4)5/h19-21H,8-14H2,1-7H3. The molecule has 0 fully saturated rings. The average Bonchev–Trinajstić information content (AvgIpc) is 2.49. The van der Waals surface area contributed by atoms with Crippen LogP contribution in [-0.4, -0.2) is 5.79 Å². The van der Waals surface area contributed by atoms with E-state index in [-0.39, 0.29) is 17.8 Å². The van der Waals surface area contributed by atoms with E-state index in [1.54, 1.807) is 0 Å². The Morgan fingerprint density at radius 2 is 1.21 bits per heavy atom. The quantitative estimate of drug-likeness (QED) is 0.263. The van der Waals surface area contributed by atoms with Gasteiger partial charge in [0.25, 0.3) is 5.79 Å². The summed E-state index contributed by atoms with van der Waals surface area (Å²) in [7, 11) is 0. The third-order valence-corrected chi connectivity index (χ3v) is 4.09. The van der Waals surface area contributed by atoms with Crippen molar-refractivity contribution in [3.63, 3.8) is 0 Å². The van der Waals surface area contributed by atoms with Crippen LogP contribution in [0.15, 0.2) is 0 Å². The minimum absolute atomic E-state index is 0.242. The molecular formula is C22H38O2. The van der Waals surface area contributed by atoms with E-state index in [2.05, 4.69) is 37.9 Å². The van der Waals surface area contributed by atoms with Crippen molar-refractivity contribution in [2.45, 2.75) is 99.2 Å². The highest BCUT2D eigenvalue weighted by molar-refractivity contribution is 4.99. The third-order valence-electron chi connectivity index (χ3n) is 4.09. The van der Waals surface area contributed by atoms with Crippen LogP contribution < -0.4 is 0 Å². The van der Waals surface area contributed by atoms with Crippen LogP contribution in [0.25, 0.3) is 0 Å². The zero-order valence-electron chi connectivity index (χ0n) is 17.0. The van der Waals surface area contributed by atoms with Crippen LogP contribution in [0.5, 0.6) is 0 Å². The predicted molar refractivity (Wildman–Crippen MR) is 103 cm³/mol. The molecule has 0 bridgehead atoms. The zero-order chi connectivity index (χ0) is 18.4. The van der Waals surface area contributed by atoms with Gasteiger partial charge in [0.15, 0.2) is 0 Å². The van der Waals surface area contributed by atoms with Gasteiger partial charge in [-0.3, -0.25) is 0 Å². The Bertz CT molecular complexity index is 400. The highest BCUT2D eigenvalue weighted by Crippen LogP contribution is 2.28. The van der Waals surface area contributed by atoms with Crippen molar-refractivity contribution in [1.82, 2.24) is 0 Å². The molecule has 0 aliphatic rings. The van der Waals surface area contributed by atoms with E-state index in [4.69, 9.17) is 9.47 Å². The van der Waals surface area contributed by atoms with E-state index in [1.165, 1.54) is 38.5 Å². The number of hydrogen-bond acceptors (Lipinski definition) is 2. The van der Waals surface area contributed by atoms with Gasteiger partial charge in [-0.25, -0.2) is 0 Å². The molecule has 0 spiro atoms. The van der Waals surface area contributed by atoms with Crippen molar-refractivity contribution < 1.29 is 9.47 Å². The molecule has 1 atom stereocenters. The van der Waals surface area contributed by atoms with Gasteiger partial charge in [-0.05, 0) is 6.42 Å². The second-order valence-electron chi connectivity index (χ2n) is 7.48. The SMILES string of the molecule is CCCCCCCCC(C)C(C)(OC#CC(C)C)OC#CC(C)C. The maximum Gasteiger partial charge on any atom is 0.271 e. The van der Waals surface area contributed by atoms with Crippen molar-refractivity contribution in [2.75, 3.05) is 0 Å². The average molecular weight is 335 g/mol. The molecule has 0 aromatic heterocycles. The lowest BCUT2D eigenvalue weighted by atomic mass is 9.94. The predicted octanol–water partition coefficient (Wildman–Crippen LogP) is 6.36. The Kier molecular flexibility index (Phi) is 12.4. The van der Waals surface area contributed by atoms with Crippen LogP contribution in [0.3, 0.4) is 0 Å². The Labute approximate surface area is 151 Å². The van der Waals surface area contributed by atoms with Crippen LogP contribution in [0, 0.1) is 41.8 Å². The summed E-state index contributed by atoms with van der Waals surface area (Å²) in [6.45, 7) is 14.6. The molecule has 0 saturated heterocycles. The Hall–Kier alpha value is -1.28. The van der Waals surface area contributed by atoms with E-state index in [1.807, 2.05) is 34.6 Å². The van der Waals surface area contributed by atoms with Gasteiger partial charge in [-0.1, -0.05) is 91.9 Å². The van der Waals surface area contributed by atoms with Gasteiger partial charge in [0.1, 0.15) is 12.2 Å². The van der Waals surface area contributed by atoms with E-state index < -0.39 is 5.79 Å². The van der Waals surface area contributed by atoms with Gasteiger partial charge in [0, 0.05) is 24.7 Å². The maximum atomic E-state index is 5.79. The lowest BCUT2D eigenvalue weighted by Gasteiger charge is -2.31. The van der Waals surface area contributed by atoms with Crippen LogP contribution >= 0.6 is 0 Å². The van der Waals surface area contributed by atoms with Crippen LogP contribution in [0.2, 0.25) is 0 Å². The van der Waals surface area contributed by atoms with Crippen molar-refractivity contribution in [3.8, 4) is 24.1 Å². The Morgan fingerprint density at radius 1 is 0.750 bits per heavy atom. The molecule has 2 nitrogen and oxygen atoms in total. The highest BCUT2D eigenvalue weighted by Gasteiger charge is 2.34. The third kappa shape index (κ3) is 11.3. The Balaban J connectivity index is 4.61. The summed E-state index contributed by atoms with van der Waals surface area (Å²) in [5, 5.41) is 0. The topological polar surface area (TPSA) is 18.5 Å². The van der Waals surface area contributed by atoms with Crippen molar-refractivity contribution in [1.29, 1.82) is 0 Å². The van der Waals surface area contributed by atoms with Gasteiger partial charge in [0.05, 0.1) is 0 Å². The minimum atomic E-state index is -0.771. The summed E-state index contributed by atoms with van der Waals surface area (Å²) in [4.78, 5) is 0. The fourth-order valence-corrected chi connectivity index (χ4v) is 2.21. The molecule has 138 valence electrons. The molecule has 24 heavy (non-hydrogen) atoms. The molecule has 0 aromatic rings. The van der Waals surface area contributed by atoms with E-state index in [0.717, 1.165) is 6.42 Å². The Morgan fingerprint density at radius 3 is 1.67 bits per heavy atom. The summed E-state index contributed by atoms with van der Waals surface area (Å²) in [5.74, 6) is 6.13. The summed E-state index contributed by atoms with van der Waals surface area (Å²) in [6.07, 6.45) is 14.5. The number of hydrogen-bond donors (Lipinski definition) is 0. The molecule has 0 N–H and O–H groups in total. The second-order valence-corrected chi connectivity index (χ2v) is 7.48. The lowest BCUT2D eigenvalue weighted by molar-refractivity contribution is -0.177. The molecule has 0 heterocycles. The van der Waals surface area contributed by atoms with Crippen molar-refractivity contribution in [3.05, 3.63) is 0 Å². The second kappa shape index (κ2) is 13.1. The number of unbranched alkanes of at least 4 members (excludes halogenated alkanes) is 5. The molecule has 0 rings (SSSR count). The van der Waals surface area contributed by atoms with E-state index in [9.17, 15) is 0 Å². The molecule has 0 amide bonds. The largest absolute Gasteiger partial charge is 0.401 e. The smallest absolute Gasteiger partial charge is 0.271 e. The van der Waals surface area contributed by atoms with E-state index >= 15 is 0 Å². The van der Waals surface area contributed by atoms with Crippen molar-refractivity contribution in [2.24, 2.45) is 17.8 Å². The van der Waals surface area contributed by atoms with Crippen LogP contribution in [0.4, 0.5) is 0 Å². The molecular weight excluding hydrogens is 296 g/mol. The molecule has 0 saturated carbocycles. The summed E-state index contributed by atoms with van der Waals surface area (Å²) >= 11 is 0. The summed E-state index contributed by atoms with van der Waals surface area (Å²) in [5.41, 5.74) is 0. The molecule has 0 radical (unpaired) electrons. The lowest BCUT2D eigenvalue weighted by Crippen LogP contribution is -2.37. The first-order valence-electron chi connectivity index (χ1n) is 9.68. The van der Waals surface area contributed by atoms with Crippen LogP contribution in [-0.2, 0) is 9.47 Å².